The Balaban J connectivity index is 1.72. The summed E-state index contributed by atoms with van der Waals surface area (Å²) in [5, 5.41) is 3.84. The van der Waals surface area contributed by atoms with Gasteiger partial charge in [0.2, 0.25) is 0 Å². The highest BCUT2D eigenvalue weighted by atomic mass is 35.5. The van der Waals surface area contributed by atoms with Gasteiger partial charge in [0.25, 0.3) is 5.56 Å². The molecule has 4 nitrogen and oxygen atoms in total. The van der Waals surface area contributed by atoms with E-state index in [1.54, 1.807) is 17.0 Å². The average Bonchev–Trinajstić information content (AvgIpc) is 2.59. The van der Waals surface area contributed by atoms with Crippen LogP contribution in [0.2, 0.25) is 5.02 Å². The third-order valence-electron chi connectivity index (χ3n) is 3.77. The van der Waals surface area contributed by atoms with E-state index in [0.717, 1.165) is 28.3 Å². The molecule has 0 unspecified atom stereocenters. The largest absolute Gasteiger partial charge is 0.365 e. The van der Waals surface area contributed by atoms with Gasteiger partial charge in [-0.05, 0) is 43.2 Å². The first-order valence-electron chi connectivity index (χ1n) is 7.76. The first-order chi connectivity index (χ1) is 11.6. The van der Waals surface area contributed by atoms with Gasteiger partial charge in [-0.3, -0.25) is 9.36 Å². The summed E-state index contributed by atoms with van der Waals surface area (Å²) in [5.74, 6) is 0.354. The van der Waals surface area contributed by atoms with Crippen molar-refractivity contribution in [3.8, 4) is 5.69 Å². The summed E-state index contributed by atoms with van der Waals surface area (Å²) in [4.78, 5) is 16.7. The van der Waals surface area contributed by atoms with E-state index in [9.17, 15) is 4.79 Å². The number of halogens is 1. The summed E-state index contributed by atoms with van der Waals surface area (Å²) in [6.45, 7) is 2.64. The first-order valence-corrected chi connectivity index (χ1v) is 8.14. The fourth-order valence-corrected chi connectivity index (χ4v) is 2.54. The lowest BCUT2D eigenvalue weighted by Gasteiger charge is -2.09. The molecule has 0 spiro atoms. The number of nitrogens with one attached hydrogen (secondary N) is 1. The van der Waals surface area contributed by atoms with Crippen LogP contribution >= 0.6 is 11.6 Å². The number of hydrogen-bond acceptors (Lipinski definition) is 3. The van der Waals surface area contributed by atoms with Gasteiger partial charge in [-0.1, -0.05) is 41.4 Å². The lowest BCUT2D eigenvalue weighted by Crippen LogP contribution is -2.24. The summed E-state index contributed by atoms with van der Waals surface area (Å²) in [7, 11) is 0. The first kappa shape index (κ1) is 16.3. The van der Waals surface area contributed by atoms with Gasteiger partial charge >= 0.3 is 0 Å². The van der Waals surface area contributed by atoms with Crippen LogP contribution in [-0.4, -0.2) is 16.1 Å². The molecular weight excluding hydrogens is 322 g/mol. The molecule has 0 atom stereocenters. The monoisotopic (exact) mass is 339 g/mol. The van der Waals surface area contributed by atoms with Gasteiger partial charge in [-0.15, -0.1) is 0 Å². The Morgan fingerprint density at radius 1 is 1.08 bits per heavy atom. The molecule has 0 aliphatic heterocycles. The Bertz CT molecular complexity index is 870. The van der Waals surface area contributed by atoms with Gasteiger partial charge in [-0.2, -0.15) is 0 Å². The quantitative estimate of drug-likeness (QED) is 0.768. The van der Waals surface area contributed by atoms with Crippen molar-refractivity contribution >= 4 is 17.4 Å². The standard InChI is InChI=1S/C19H18ClN3O/c1-14-2-8-17(9-3-14)23-13-12-22-18(19(23)24)21-11-10-15-4-6-16(20)7-5-15/h2-9,12-13H,10-11H2,1H3,(H,21,22). The number of nitrogens with zero attached hydrogens (tertiary/aromatic N) is 2. The van der Waals surface area contributed by atoms with Gasteiger partial charge in [0.15, 0.2) is 5.82 Å². The molecule has 0 bridgehead atoms. The molecule has 0 radical (unpaired) electrons. The van der Waals surface area contributed by atoms with Crippen LogP contribution in [0.15, 0.2) is 65.7 Å². The van der Waals surface area contributed by atoms with Crippen LogP contribution in [0.25, 0.3) is 5.69 Å². The zero-order chi connectivity index (χ0) is 16.9. The van der Waals surface area contributed by atoms with Crippen LogP contribution in [0, 0.1) is 6.92 Å². The van der Waals surface area contributed by atoms with Crippen LogP contribution in [0.3, 0.4) is 0 Å². The van der Waals surface area contributed by atoms with Crippen molar-refractivity contribution in [2.24, 2.45) is 0 Å². The molecule has 3 rings (SSSR count). The molecule has 2 aromatic carbocycles. The Labute approximate surface area is 145 Å². The summed E-state index contributed by atoms with van der Waals surface area (Å²) >= 11 is 5.88. The van der Waals surface area contributed by atoms with E-state index < -0.39 is 0 Å². The predicted molar refractivity (Wildman–Crippen MR) is 98.2 cm³/mol. The van der Waals surface area contributed by atoms with Crippen molar-refractivity contribution in [3.63, 3.8) is 0 Å². The molecule has 1 aromatic heterocycles. The van der Waals surface area contributed by atoms with Crippen LogP contribution in [0.4, 0.5) is 5.82 Å². The molecule has 1 N–H and O–H groups in total. The third-order valence-corrected chi connectivity index (χ3v) is 4.02. The molecule has 0 aliphatic rings. The van der Waals surface area contributed by atoms with Crippen LogP contribution < -0.4 is 10.9 Å². The van der Waals surface area contributed by atoms with Crippen LogP contribution in [-0.2, 0) is 6.42 Å². The predicted octanol–water partition coefficient (Wildman–Crippen LogP) is 3.85. The summed E-state index contributed by atoms with van der Waals surface area (Å²) in [6, 6.07) is 15.5. The van der Waals surface area contributed by atoms with Gasteiger partial charge in [0.1, 0.15) is 0 Å². The third kappa shape index (κ3) is 3.84. The zero-order valence-corrected chi connectivity index (χ0v) is 14.1. The highest BCUT2D eigenvalue weighted by Gasteiger charge is 2.06. The second-order valence-corrected chi connectivity index (χ2v) is 6.03. The Kier molecular flexibility index (Phi) is 4.96. The summed E-state index contributed by atoms with van der Waals surface area (Å²) < 4.78 is 1.59. The summed E-state index contributed by atoms with van der Waals surface area (Å²) in [6.07, 6.45) is 4.10. The van der Waals surface area contributed by atoms with Crippen LogP contribution in [0.1, 0.15) is 11.1 Å². The van der Waals surface area contributed by atoms with E-state index >= 15 is 0 Å². The van der Waals surface area contributed by atoms with Gasteiger partial charge in [0, 0.05) is 29.6 Å². The molecule has 122 valence electrons. The maximum atomic E-state index is 12.6. The van der Waals surface area contributed by atoms with E-state index in [4.69, 9.17) is 11.6 Å². The molecule has 0 saturated carbocycles. The number of anilines is 1. The second kappa shape index (κ2) is 7.32. The SMILES string of the molecule is Cc1ccc(-n2ccnc(NCCc3ccc(Cl)cc3)c2=O)cc1. The molecule has 0 fully saturated rings. The zero-order valence-electron chi connectivity index (χ0n) is 13.4. The van der Waals surface area contributed by atoms with Gasteiger partial charge in [-0.25, -0.2) is 4.98 Å². The van der Waals surface area contributed by atoms with E-state index in [1.807, 2.05) is 55.5 Å². The van der Waals surface area contributed by atoms with Crippen molar-refractivity contribution in [2.75, 3.05) is 11.9 Å². The van der Waals surface area contributed by atoms with E-state index in [0.29, 0.717) is 12.4 Å². The fraction of sp³-hybridized carbons (Fsp3) is 0.158. The maximum Gasteiger partial charge on any atom is 0.297 e. The number of hydrogen-bond donors (Lipinski definition) is 1. The van der Waals surface area contributed by atoms with Crippen LogP contribution in [0.5, 0.6) is 0 Å². The smallest absolute Gasteiger partial charge is 0.297 e. The van der Waals surface area contributed by atoms with Gasteiger partial charge < -0.3 is 5.32 Å². The van der Waals surface area contributed by atoms with E-state index in [-0.39, 0.29) is 5.56 Å². The number of rotatable bonds is 5. The highest BCUT2D eigenvalue weighted by Crippen LogP contribution is 2.10. The molecule has 0 amide bonds. The second-order valence-electron chi connectivity index (χ2n) is 5.59. The molecule has 5 heteroatoms. The minimum Gasteiger partial charge on any atom is -0.365 e. The lowest BCUT2D eigenvalue weighted by atomic mass is 10.1. The number of benzene rings is 2. The highest BCUT2D eigenvalue weighted by molar-refractivity contribution is 6.30. The Morgan fingerprint density at radius 2 is 1.79 bits per heavy atom. The number of aromatic nitrogens is 2. The average molecular weight is 340 g/mol. The Hall–Kier alpha value is -2.59. The van der Waals surface area contributed by atoms with Gasteiger partial charge in [0.05, 0.1) is 0 Å². The maximum absolute atomic E-state index is 12.6. The van der Waals surface area contributed by atoms with E-state index in [1.165, 1.54) is 0 Å². The normalized spacial score (nSPS) is 10.6. The topological polar surface area (TPSA) is 46.9 Å². The van der Waals surface area contributed by atoms with Crippen molar-refractivity contribution < 1.29 is 0 Å². The van der Waals surface area contributed by atoms with Crippen molar-refractivity contribution in [2.45, 2.75) is 13.3 Å². The summed E-state index contributed by atoms with van der Waals surface area (Å²) in [5.41, 5.74) is 2.98. The minimum absolute atomic E-state index is 0.155. The Morgan fingerprint density at radius 3 is 2.50 bits per heavy atom. The van der Waals surface area contributed by atoms with Crippen molar-refractivity contribution in [1.29, 1.82) is 0 Å². The van der Waals surface area contributed by atoms with Crippen molar-refractivity contribution in [1.82, 2.24) is 9.55 Å². The molecular formula is C19H18ClN3O. The number of aryl methyl sites for hydroxylation is 1. The lowest BCUT2D eigenvalue weighted by molar-refractivity contribution is 0.931. The fourth-order valence-electron chi connectivity index (χ4n) is 2.42. The molecule has 1 heterocycles. The molecule has 0 aliphatic carbocycles. The molecule has 0 saturated heterocycles. The van der Waals surface area contributed by atoms with E-state index in [2.05, 4.69) is 10.3 Å². The minimum atomic E-state index is -0.155. The molecule has 24 heavy (non-hydrogen) atoms. The molecule has 3 aromatic rings. The van der Waals surface area contributed by atoms with Crippen molar-refractivity contribution in [3.05, 3.63) is 87.4 Å².